The van der Waals surface area contributed by atoms with Crippen molar-refractivity contribution in [2.45, 2.75) is 38.8 Å². The minimum atomic E-state index is -0.289. The molecule has 1 aliphatic heterocycles. The first-order chi connectivity index (χ1) is 17.7. The number of carbonyl (C=O) groups is 1. The van der Waals surface area contributed by atoms with Crippen molar-refractivity contribution in [3.8, 4) is 22.8 Å². The van der Waals surface area contributed by atoms with Gasteiger partial charge < -0.3 is 18.9 Å². The molecule has 4 aromatic rings. The highest BCUT2D eigenvalue weighted by Gasteiger charge is 2.42. The van der Waals surface area contributed by atoms with Crippen molar-refractivity contribution in [1.82, 2.24) is 24.6 Å². The van der Waals surface area contributed by atoms with Crippen molar-refractivity contribution in [2.75, 3.05) is 20.3 Å². The molecule has 0 saturated carbocycles. The molecule has 5 rings (SSSR count). The number of unbranched alkanes of at least 4 members (excludes halogenated alkanes) is 1. The highest BCUT2D eigenvalue weighted by molar-refractivity contribution is 6.00. The van der Waals surface area contributed by atoms with Gasteiger partial charge in [0.15, 0.2) is 11.5 Å². The molecule has 186 valence electrons. The molecule has 0 saturated heterocycles. The molecular weight excluding hydrogens is 454 g/mol. The van der Waals surface area contributed by atoms with Crippen molar-refractivity contribution >= 4 is 5.91 Å². The van der Waals surface area contributed by atoms with Crippen LogP contribution in [-0.4, -0.2) is 50.8 Å². The maximum Gasteiger partial charge on any atom is 0.273 e. The van der Waals surface area contributed by atoms with E-state index in [1.165, 1.54) is 0 Å². The summed E-state index contributed by atoms with van der Waals surface area (Å²) in [5.41, 5.74) is 4.17. The smallest absolute Gasteiger partial charge is 0.273 e. The fourth-order valence-corrected chi connectivity index (χ4v) is 4.73. The van der Waals surface area contributed by atoms with E-state index in [1.54, 1.807) is 19.6 Å². The number of aromatic nitrogens is 4. The molecule has 1 atom stereocenters. The predicted molar refractivity (Wildman–Crippen MR) is 137 cm³/mol. The first-order valence-corrected chi connectivity index (χ1v) is 12.4. The van der Waals surface area contributed by atoms with Gasteiger partial charge in [-0.2, -0.15) is 5.10 Å². The molecule has 1 unspecified atom stereocenters. The van der Waals surface area contributed by atoms with E-state index in [0.717, 1.165) is 48.2 Å². The Balaban J connectivity index is 1.51. The maximum atomic E-state index is 13.6. The Bertz CT molecular complexity index is 1300. The van der Waals surface area contributed by atoms with E-state index < -0.39 is 0 Å². The topological polar surface area (TPSA) is 85.3 Å². The van der Waals surface area contributed by atoms with Gasteiger partial charge in [-0.25, -0.2) is 4.98 Å². The third-order valence-corrected chi connectivity index (χ3v) is 6.54. The van der Waals surface area contributed by atoms with E-state index >= 15 is 0 Å². The van der Waals surface area contributed by atoms with Crippen molar-refractivity contribution in [3.05, 3.63) is 84.1 Å². The summed E-state index contributed by atoms with van der Waals surface area (Å²) in [5.74, 6) is 1.33. The summed E-state index contributed by atoms with van der Waals surface area (Å²) in [4.78, 5) is 19.6. The van der Waals surface area contributed by atoms with Crippen LogP contribution in [0.2, 0.25) is 0 Å². The van der Waals surface area contributed by atoms with Gasteiger partial charge in [-0.1, -0.05) is 49.7 Å². The molecular formula is C28H31N5O3. The van der Waals surface area contributed by atoms with Crippen molar-refractivity contribution in [3.63, 3.8) is 0 Å². The molecule has 1 amide bonds. The van der Waals surface area contributed by atoms with E-state index in [1.807, 2.05) is 64.2 Å². The van der Waals surface area contributed by atoms with Crippen molar-refractivity contribution in [1.29, 1.82) is 0 Å². The van der Waals surface area contributed by atoms with Gasteiger partial charge in [-0.05, 0) is 30.5 Å². The number of amides is 1. The number of hydrogen-bond donors (Lipinski definition) is 1. The van der Waals surface area contributed by atoms with Crippen LogP contribution >= 0.6 is 0 Å². The number of aryl methyl sites for hydroxylation is 1. The number of imidazole rings is 1. The fourth-order valence-electron chi connectivity index (χ4n) is 4.73. The van der Waals surface area contributed by atoms with Crippen LogP contribution in [0.15, 0.2) is 67.3 Å². The van der Waals surface area contributed by atoms with Crippen LogP contribution in [0.5, 0.6) is 11.5 Å². The Kier molecular flexibility index (Phi) is 7.02. The first-order valence-electron chi connectivity index (χ1n) is 12.4. The van der Waals surface area contributed by atoms with Gasteiger partial charge in [0.1, 0.15) is 5.69 Å². The summed E-state index contributed by atoms with van der Waals surface area (Å²) in [7, 11) is 1.65. The van der Waals surface area contributed by atoms with Crippen LogP contribution in [0.4, 0.5) is 0 Å². The largest absolute Gasteiger partial charge is 0.493 e. The van der Waals surface area contributed by atoms with E-state index in [4.69, 9.17) is 9.47 Å². The lowest BCUT2D eigenvalue weighted by Crippen LogP contribution is -2.31. The average molecular weight is 486 g/mol. The summed E-state index contributed by atoms with van der Waals surface area (Å²) >= 11 is 0. The third kappa shape index (κ3) is 4.58. The minimum Gasteiger partial charge on any atom is -0.493 e. The Labute approximate surface area is 210 Å². The second kappa shape index (κ2) is 10.7. The number of methoxy groups -OCH3 is 1. The molecule has 0 bridgehead atoms. The number of fused-ring (bicyclic) bond motifs is 1. The molecule has 1 N–H and O–H groups in total. The molecule has 1 aliphatic rings. The molecule has 0 aliphatic carbocycles. The quantitative estimate of drug-likeness (QED) is 0.299. The number of aromatic amines is 1. The number of nitrogens with one attached hydrogen (secondary N) is 1. The zero-order valence-electron chi connectivity index (χ0n) is 20.7. The second-order valence-electron chi connectivity index (χ2n) is 8.89. The molecule has 2 aromatic carbocycles. The lowest BCUT2D eigenvalue weighted by atomic mass is 9.95. The third-order valence-electron chi connectivity index (χ3n) is 6.54. The molecule has 0 radical (unpaired) electrons. The van der Waals surface area contributed by atoms with Crippen molar-refractivity contribution < 1.29 is 14.3 Å². The standard InChI is InChI=1S/C28H31N5O3/c1-3-4-17-36-22-12-11-21(18-23(22)35-2)27-24-25(20-9-6-5-7-10-20)30-31-26(24)28(34)33(27)15-8-14-32-16-13-29-19-32/h5-7,9-13,16,18-19,27H,3-4,8,14-15,17H2,1-2H3,(H,30,31). The summed E-state index contributed by atoms with van der Waals surface area (Å²) in [6, 6.07) is 15.6. The van der Waals surface area contributed by atoms with Gasteiger partial charge in [-0.3, -0.25) is 9.89 Å². The Morgan fingerprint density at radius 3 is 2.67 bits per heavy atom. The van der Waals surface area contributed by atoms with Gasteiger partial charge in [-0.15, -0.1) is 0 Å². The minimum absolute atomic E-state index is 0.0439. The zero-order valence-corrected chi connectivity index (χ0v) is 20.7. The van der Waals surface area contributed by atoms with Gasteiger partial charge in [0.2, 0.25) is 0 Å². The highest BCUT2D eigenvalue weighted by atomic mass is 16.5. The molecule has 0 spiro atoms. The van der Waals surface area contributed by atoms with E-state index in [2.05, 4.69) is 22.1 Å². The normalized spacial score (nSPS) is 14.8. The van der Waals surface area contributed by atoms with Crippen LogP contribution in [0, 0.1) is 0 Å². The van der Waals surface area contributed by atoms with Crippen LogP contribution in [0.25, 0.3) is 11.3 Å². The van der Waals surface area contributed by atoms with E-state index in [-0.39, 0.29) is 11.9 Å². The highest BCUT2D eigenvalue weighted by Crippen LogP contribution is 2.44. The number of carbonyl (C=O) groups excluding carboxylic acids is 1. The number of ether oxygens (including phenoxy) is 2. The van der Waals surface area contributed by atoms with Crippen LogP contribution in [0.3, 0.4) is 0 Å². The monoisotopic (exact) mass is 485 g/mol. The molecule has 0 fully saturated rings. The second-order valence-corrected chi connectivity index (χ2v) is 8.89. The number of H-pyrrole nitrogens is 1. The van der Waals surface area contributed by atoms with Gasteiger partial charge in [0.05, 0.1) is 31.8 Å². The molecule has 3 heterocycles. The van der Waals surface area contributed by atoms with Crippen LogP contribution < -0.4 is 9.47 Å². The number of benzene rings is 2. The fraction of sp³-hybridized carbons (Fsp3) is 0.321. The maximum absolute atomic E-state index is 13.6. The SMILES string of the molecule is CCCCOc1ccc(C2c3c(-c4ccccc4)n[nH]c3C(=O)N2CCCn2ccnc2)cc1OC. The Morgan fingerprint density at radius 2 is 1.92 bits per heavy atom. The molecule has 36 heavy (non-hydrogen) atoms. The van der Waals surface area contributed by atoms with E-state index in [9.17, 15) is 4.79 Å². The Morgan fingerprint density at radius 1 is 1.06 bits per heavy atom. The first kappa shape index (κ1) is 23.7. The number of rotatable bonds is 11. The lowest BCUT2D eigenvalue weighted by Gasteiger charge is -2.27. The summed E-state index contributed by atoms with van der Waals surface area (Å²) in [6.45, 7) is 4.14. The van der Waals surface area contributed by atoms with E-state index in [0.29, 0.717) is 30.3 Å². The molecule has 8 heteroatoms. The molecule has 2 aromatic heterocycles. The van der Waals surface area contributed by atoms with Gasteiger partial charge in [0.25, 0.3) is 5.91 Å². The summed E-state index contributed by atoms with van der Waals surface area (Å²) < 4.78 is 13.7. The van der Waals surface area contributed by atoms with Crippen molar-refractivity contribution in [2.24, 2.45) is 0 Å². The lowest BCUT2D eigenvalue weighted by molar-refractivity contribution is 0.0739. The molecule has 8 nitrogen and oxygen atoms in total. The van der Waals surface area contributed by atoms with Crippen LogP contribution in [0.1, 0.15) is 53.8 Å². The summed E-state index contributed by atoms with van der Waals surface area (Å²) in [5, 5.41) is 7.59. The number of hydrogen-bond acceptors (Lipinski definition) is 5. The predicted octanol–water partition coefficient (Wildman–Crippen LogP) is 5.10. The van der Waals surface area contributed by atoms with Gasteiger partial charge >= 0.3 is 0 Å². The van der Waals surface area contributed by atoms with Crippen LogP contribution in [-0.2, 0) is 6.54 Å². The zero-order chi connectivity index (χ0) is 24.9. The average Bonchev–Trinajstić information content (AvgIpc) is 3.64. The Hall–Kier alpha value is -4.07. The van der Waals surface area contributed by atoms with Gasteiger partial charge in [0, 0.05) is 36.6 Å². The number of nitrogens with zero attached hydrogens (tertiary/aromatic N) is 4. The summed E-state index contributed by atoms with van der Waals surface area (Å²) in [6.07, 6.45) is 8.33.